The molecule has 0 amide bonds. The fraction of sp³-hybridized carbons (Fsp3) is 0.750. The van der Waals surface area contributed by atoms with Gasteiger partial charge in [0, 0.05) is 0 Å². The highest BCUT2D eigenvalue weighted by Gasteiger charge is 2.82. The van der Waals surface area contributed by atoms with Crippen molar-refractivity contribution in [2.75, 3.05) is 14.2 Å². The van der Waals surface area contributed by atoms with Crippen molar-refractivity contribution in [2.24, 2.45) is 59.2 Å². The average molecular weight is 274 g/mol. The summed E-state index contributed by atoms with van der Waals surface area (Å²) < 4.78 is 10.0. The molecule has 5 fully saturated rings. The molecule has 0 heterocycles. The smallest absolute Gasteiger partial charge is 0.309 e. The number of carbonyl (C=O) groups is 2. The Bertz CT molecular complexity index is 507. The van der Waals surface area contributed by atoms with Gasteiger partial charge in [0.05, 0.1) is 26.1 Å². The van der Waals surface area contributed by atoms with Crippen molar-refractivity contribution in [1.82, 2.24) is 0 Å². The van der Waals surface area contributed by atoms with Crippen LogP contribution in [0.1, 0.15) is 0 Å². The Morgan fingerprint density at radius 1 is 0.700 bits per heavy atom. The second-order valence-corrected chi connectivity index (χ2v) is 7.10. The van der Waals surface area contributed by atoms with Crippen molar-refractivity contribution < 1.29 is 19.1 Å². The van der Waals surface area contributed by atoms with Crippen LogP contribution in [0, 0.1) is 59.2 Å². The minimum Gasteiger partial charge on any atom is -0.469 e. The fourth-order valence-corrected chi connectivity index (χ4v) is 7.19. The van der Waals surface area contributed by atoms with E-state index in [1.54, 1.807) is 0 Å². The maximum absolute atomic E-state index is 12.2. The molecule has 0 radical (unpaired) electrons. The summed E-state index contributed by atoms with van der Waals surface area (Å²) in [6, 6.07) is 0. The monoisotopic (exact) mass is 274 g/mol. The summed E-state index contributed by atoms with van der Waals surface area (Å²) in [5.41, 5.74) is 0. The third-order valence-electron chi connectivity index (χ3n) is 7.16. The molecule has 0 aromatic heterocycles. The van der Waals surface area contributed by atoms with Crippen LogP contribution in [0.5, 0.6) is 0 Å². The van der Waals surface area contributed by atoms with Crippen LogP contribution in [0.25, 0.3) is 0 Å². The first-order valence-corrected chi connectivity index (χ1v) is 7.54. The van der Waals surface area contributed by atoms with Gasteiger partial charge in [-0.15, -0.1) is 0 Å². The molecular formula is C16H18O4. The maximum Gasteiger partial charge on any atom is 0.309 e. The van der Waals surface area contributed by atoms with E-state index in [9.17, 15) is 9.59 Å². The lowest BCUT2D eigenvalue weighted by Crippen LogP contribution is -2.44. The van der Waals surface area contributed by atoms with Crippen molar-refractivity contribution in [3.63, 3.8) is 0 Å². The quantitative estimate of drug-likeness (QED) is 0.559. The first kappa shape index (κ1) is 11.4. The van der Waals surface area contributed by atoms with Crippen LogP contribution >= 0.6 is 0 Å². The minimum atomic E-state index is -0.261. The summed E-state index contributed by atoms with van der Waals surface area (Å²) >= 11 is 0. The minimum absolute atomic E-state index is 0.205. The molecule has 0 N–H and O–H groups in total. The largest absolute Gasteiger partial charge is 0.469 e. The highest BCUT2D eigenvalue weighted by molar-refractivity contribution is 5.84. The molecule has 4 nitrogen and oxygen atoms in total. The maximum atomic E-state index is 12.2. The zero-order valence-corrected chi connectivity index (χ0v) is 11.6. The van der Waals surface area contributed by atoms with Gasteiger partial charge in [0.25, 0.3) is 0 Å². The number of ether oxygens (including phenoxy) is 2. The van der Waals surface area contributed by atoms with Crippen LogP contribution in [0.2, 0.25) is 0 Å². The predicted molar refractivity (Wildman–Crippen MR) is 68.1 cm³/mol. The van der Waals surface area contributed by atoms with E-state index in [2.05, 4.69) is 12.2 Å². The number of rotatable bonds is 2. The molecule has 6 aliphatic carbocycles. The zero-order valence-electron chi connectivity index (χ0n) is 11.6. The van der Waals surface area contributed by atoms with E-state index in [0.717, 1.165) is 0 Å². The molecule has 0 saturated heterocycles. The summed E-state index contributed by atoms with van der Waals surface area (Å²) in [5.74, 6) is 3.61. The van der Waals surface area contributed by atoms with Crippen molar-refractivity contribution in [1.29, 1.82) is 0 Å². The Morgan fingerprint density at radius 3 is 1.55 bits per heavy atom. The molecule has 6 aliphatic rings. The number of allylic oxidation sites excluding steroid dienone is 2. The summed E-state index contributed by atoms with van der Waals surface area (Å²) in [6.07, 6.45) is 4.74. The standard InChI is InChI=1S/C16H18O4/c1-19-15(17)13-11-8-5-3-4-6-7(5)10(11)12(9(6)8)14(13)16(18)20-2/h3-14H,1-2H3/t5-,6-,7?,8-,9+,10?,11+,12-,13-,14+/m1/s1. The van der Waals surface area contributed by atoms with Crippen LogP contribution < -0.4 is 0 Å². The lowest BCUT2D eigenvalue weighted by molar-refractivity contribution is -0.163. The molecule has 5 saturated carbocycles. The van der Waals surface area contributed by atoms with E-state index >= 15 is 0 Å². The van der Waals surface area contributed by atoms with E-state index in [1.807, 2.05) is 0 Å². The van der Waals surface area contributed by atoms with E-state index in [1.165, 1.54) is 14.2 Å². The van der Waals surface area contributed by atoms with Gasteiger partial charge in [-0.3, -0.25) is 9.59 Å². The topological polar surface area (TPSA) is 52.6 Å². The second kappa shape index (κ2) is 3.29. The predicted octanol–water partition coefficient (Wildman–Crippen LogP) is 1.12. The molecule has 0 aromatic carbocycles. The van der Waals surface area contributed by atoms with Gasteiger partial charge >= 0.3 is 11.9 Å². The highest BCUT2D eigenvalue weighted by Crippen LogP contribution is 2.83. The molecule has 0 spiro atoms. The Balaban J connectivity index is 1.61. The number of esters is 2. The summed E-state index contributed by atoms with van der Waals surface area (Å²) in [5, 5.41) is 0. The zero-order chi connectivity index (χ0) is 13.8. The SMILES string of the molecule is COC(=O)[C@@H]1[C@H](C(=O)OC)[C@@H]2C3C4[C@H]5C=C[C@H]4[C@@H]2[C@H]5[C@H]31. The normalized spacial score (nSPS) is 58.7. The van der Waals surface area contributed by atoms with Gasteiger partial charge in [-0.1, -0.05) is 12.2 Å². The van der Waals surface area contributed by atoms with E-state index < -0.39 is 0 Å². The first-order valence-electron chi connectivity index (χ1n) is 7.54. The van der Waals surface area contributed by atoms with Crippen LogP contribution in [-0.4, -0.2) is 26.2 Å². The Labute approximate surface area is 117 Å². The van der Waals surface area contributed by atoms with Crippen molar-refractivity contribution >= 4 is 11.9 Å². The van der Waals surface area contributed by atoms with Gasteiger partial charge in [0.1, 0.15) is 0 Å². The van der Waals surface area contributed by atoms with Gasteiger partial charge in [-0.05, 0) is 47.3 Å². The summed E-state index contributed by atoms with van der Waals surface area (Å²) in [4.78, 5) is 24.5. The average Bonchev–Trinajstić information content (AvgIpc) is 3.23. The molecule has 2 unspecified atom stereocenters. The van der Waals surface area contributed by atoms with Crippen molar-refractivity contribution in [3.05, 3.63) is 12.2 Å². The third kappa shape index (κ3) is 0.895. The van der Waals surface area contributed by atoms with E-state index in [0.29, 0.717) is 47.3 Å². The summed E-state index contributed by atoms with van der Waals surface area (Å²) in [6.45, 7) is 0. The molecule has 20 heavy (non-hydrogen) atoms. The number of hydrogen-bond donors (Lipinski definition) is 0. The number of methoxy groups -OCH3 is 2. The molecule has 6 rings (SSSR count). The first-order chi connectivity index (χ1) is 9.70. The van der Waals surface area contributed by atoms with Crippen LogP contribution in [0.15, 0.2) is 12.2 Å². The molecule has 0 aliphatic heterocycles. The Morgan fingerprint density at radius 2 is 1.15 bits per heavy atom. The van der Waals surface area contributed by atoms with Crippen LogP contribution in [-0.2, 0) is 19.1 Å². The lowest BCUT2D eigenvalue weighted by atomic mass is 9.65. The third-order valence-corrected chi connectivity index (χ3v) is 7.16. The molecular weight excluding hydrogens is 256 g/mol. The molecule has 4 heteroatoms. The van der Waals surface area contributed by atoms with Gasteiger partial charge in [-0.2, -0.15) is 0 Å². The van der Waals surface area contributed by atoms with E-state index in [4.69, 9.17) is 9.47 Å². The highest BCUT2D eigenvalue weighted by atomic mass is 16.5. The number of hydrogen-bond acceptors (Lipinski definition) is 4. The molecule has 0 aromatic rings. The Kier molecular flexibility index (Phi) is 1.87. The Hall–Kier alpha value is -1.32. The van der Waals surface area contributed by atoms with Crippen molar-refractivity contribution in [2.45, 2.75) is 0 Å². The second-order valence-electron chi connectivity index (χ2n) is 7.10. The van der Waals surface area contributed by atoms with Crippen LogP contribution in [0.4, 0.5) is 0 Å². The van der Waals surface area contributed by atoms with Gasteiger partial charge in [-0.25, -0.2) is 0 Å². The molecule has 106 valence electrons. The van der Waals surface area contributed by atoms with Gasteiger partial charge < -0.3 is 9.47 Å². The molecule has 10 atom stereocenters. The molecule has 8 bridgehead atoms. The van der Waals surface area contributed by atoms with Crippen LogP contribution in [0.3, 0.4) is 0 Å². The van der Waals surface area contributed by atoms with E-state index in [-0.39, 0.29) is 23.8 Å². The van der Waals surface area contributed by atoms with Crippen molar-refractivity contribution in [3.8, 4) is 0 Å². The summed E-state index contributed by atoms with van der Waals surface area (Å²) in [7, 11) is 2.86. The van der Waals surface area contributed by atoms with Gasteiger partial charge in [0.15, 0.2) is 0 Å². The fourth-order valence-electron chi connectivity index (χ4n) is 7.19. The number of carbonyl (C=O) groups excluding carboxylic acids is 2. The lowest BCUT2D eigenvalue weighted by Gasteiger charge is -2.39. The van der Waals surface area contributed by atoms with Gasteiger partial charge in [0.2, 0.25) is 0 Å².